The standard InChI is InChI=1S/C13H17NO4/c1-8(5-10(3)15)11-7-13(18-4)9(2)6-12(11)14(16)17/h6-8H,5H2,1-4H3. The molecule has 0 spiro atoms. The number of hydrogen-bond acceptors (Lipinski definition) is 4. The summed E-state index contributed by atoms with van der Waals surface area (Å²) < 4.78 is 5.17. The predicted molar refractivity (Wildman–Crippen MR) is 68.1 cm³/mol. The third-order valence-electron chi connectivity index (χ3n) is 2.87. The van der Waals surface area contributed by atoms with E-state index in [1.165, 1.54) is 20.1 Å². The summed E-state index contributed by atoms with van der Waals surface area (Å²) in [5.74, 6) is 0.416. The Hall–Kier alpha value is -1.91. The van der Waals surface area contributed by atoms with Gasteiger partial charge in [0.25, 0.3) is 5.69 Å². The van der Waals surface area contributed by atoms with Gasteiger partial charge in [-0.25, -0.2) is 0 Å². The van der Waals surface area contributed by atoms with Gasteiger partial charge >= 0.3 is 0 Å². The minimum atomic E-state index is -0.418. The number of nitro benzene ring substituents is 1. The average molecular weight is 251 g/mol. The number of carbonyl (C=O) groups excluding carboxylic acids is 1. The quantitative estimate of drug-likeness (QED) is 0.595. The molecule has 0 saturated carbocycles. The SMILES string of the molecule is COc1cc(C(C)CC(C)=O)c([N+](=O)[O-])cc1C. The maximum Gasteiger partial charge on any atom is 0.273 e. The van der Waals surface area contributed by atoms with Gasteiger partial charge in [-0.2, -0.15) is 0 Å². The molecular formula is C13H17NO4. The summed E-state index contributed by atoms with van der Waals surface area (Å²) >= 11 is 0. The van der Waals surface area contributed by atoms with E-state index in [1.807, 2.05) is 0 Å². The van der Waals surface area contributed by atoms with Gasteiger partial charge in [0.05, 0.1) is 12.0 Å². The third kappa shape index (κ3) is 3.06. The van der Waals surface area contributed by atoms with Gasteiger partial charge in [0, 0.05) is 18.1 Å². The smallest absolute Gasteiger partial charge is 0.273 e. The van der Waals surface area contributed by atoms with Crippen LogP contribution in [0.25, 0.3) is 0 Å². The van der Waals surface area contributed by atoms with Crippen LogP contribution in [0.4, 0.5) is 5.69 Å². The Bertz CT molecular complexity index is 482. The van der Waals surface area contributed by atoms with Crippen molar-refractivity contribution in [3.63, 3.8) is 0 Å². The molecule has 0 saturated heterocycles. The first-order valence-electron chi connectivity index (χ1n) is 5.69. The van der Waals surface area contributed by atoms with Crippen molar-refractivity contribution in [1.29, 1.82) is 0 Å². The van der Waals surface area contributed by atoms with E-state index >= 15 is 0 Å². The first-order valence-corrected chi connectivity index (χ1v) is 5.69. The zero-order valence-corrected chi connectivity index (χ0v) is 11.0. The average Bonchev–Trinajstić information content (AvgIpc) is 2.27. The fourth-order valence-corrected chi connectivity index (χ4v) is 2.00. The van der Waals surface area contributed by atoms with Crippen molar-refractivity contribution in [2.24, 2.45) is 0 Å². The van der Waals surface area contributed by atoms with Crippen LogP contribution in [-0.4, -0.2) is 17.8 Å². The van der Waals surface area contributed by atoms with E-state index in [-0.39, 0.29) is 23.8 Å². The number of ether oxygens (including phenoxy) is 1. The maximum absolute atomic E-state index is 11.1. The zero-order chi connectivity index (χ0) is 13.9. The molecule has 0 aromatic heterocycles. The molecule has 18 heavy (non-hydrogen) atoms. The minimum Gasteiger partial charge on any atom is -0.496 e. The Morgan fingerprint density at radius 3 is 2.56 bits per heavy atom. The Morgan fingerprint density at radius 2 is 2.11 bits per heavy atom. The van der Waals surface area contributed by atoms with Gasteiger partial charge in [0.2, 0.25) is 0 Å². The highest BCUT2D eigenvalue weighted by Crippen LogP contribution is 2.34. The Morgan fingerprint density at radius 1 is 1.50 bits per heavy atom. The van der Waals surface area contributed by atoms with Gasteiger partial charge < -0.3 is 9.53 Å². The van der Waals surface area contributed by atoms with Crippen molar-refractivity contribution >= 4 is 11.5 Å². The lowest BCUT2D eigenvalue weighted by Crippen LogP contribution is -2.05. The summed E-state index contributed by atoms with van der Waals surface area (Å²) in [4.78, 5) is 21.8. The lowest BCUT2D eigenvalue weighted by atomic mass is 9.93. The van der Waals surface area contributed by atoms with Gasteiger partial charge in [-0.05, 0) is 31.4 Å². The van der Waals surface area contributed by atoms with Crippen molar-refractivity contribution in [1.82, 2.24) is 0 Å². The highest BCUT2D eigenvalue weighted by atomic mass is 16.6. The summed E-state index contributed by atoms with van der Waals surface area (Å²) in [6.45, 7) is 5.04. The number of methoxy groups -OCH3 is 1. The summed E-state index contributed by atoms with van der Waals surface area (Å²) in [7, 11) is 1.52. The summed E-state index contributed by atoms with van der Waals surface area (Å²) in [6.07, 6.45) is 0.285. The molecule has 0 heterocycles. The second-order valence-electron chi connectivity index (χ2n) is 4.44. The van der Waals surface area contributed by atoms with Crippen LogP contribution in [0.1, 0.15) is 37.3 Å². The molecule has 0 aliphatic carbocycles. The van der Waals surface area contributed by atoms with Crippen molar-refractivity contribution in [2.75, 3.05) is 7.11 Å². The lowest BCUT2D eigenvalue weighted by Gasteiger charge is -2.13. The molecule has 1 aromatic carbocycles. The molecular weight excluding hydrogens is 234 g/mol. The number of hydrogen-bond donors (Lipinski definition) is 0. The van der Waals surface area contributed by atoms with E-state index in [0.29, 0.717) is 16.9 Å². The first-order chi connectivity index (χ1) is 8.36. The van der Waals surface area contributed by atoms with Gasteiger partial charge in [0.15, 0.2) is 0 Å². The van der Waals surface area contributed by atoms with E-state index in [1.54, 1.807) is 19.9 Å². The summed E-state index contributed by atoms with van der Waals surface area (Å²) in [6, 6.07) is 3.14. The number of nitro groups is 1. The molecule has 5 nitrogen and oxygen atoms in total. The highest BCUT2D eigenvalue weighted by molar-refractivity contribution is 5.76. The molecule has 0 aliphatic rings. The number of ketones is 1. The van der Waals surface area contributed by atoms with Crippen LogP contribution in [0.15, 0.2) is 12.1 Å². The second-order valence-corrected chi connectivity index (χ2v) is 4.44. The van der Waals surface area contributed by atoms with Crippen LogP contribution in [0, 0.1) is 17.0 Å². The first kappa shape index (κ1) is 14.2. The molecule has 5 heteroatoms. The molecule has 0 N–H and O–H groups in total. The largest absolute Gasteiger partial charge is 0.496 e. The molecule has 1 unspecified atom stereocenters. The monoisotopic (exact) mass is 251 g/mol. The molecule has 0 radical (unpaired) electrons. The van der Waals surface area contributed by atoms with Crippen LogP contribution in [0.2, 0.25) is 0 Å². The van der Waals surface area contributed by atoms with E-state index in [9.17, 15) is 14.9 Å². The van der Waals surface area contributed by atoms with Crippen LogP contribution in [0.3, 0.4) is 0 Å². The Kier molecular flexibility index (Phi) is 4.42. The number of Topliss-reactive ketones (excluding diaryl/α,β-unsaturated/α-hetero) is 1. The highest BCUT2D eigenvalue weighted by Gasteiger charge is 2.22. The topological polar surface area (TPSA) is 69.4 Å². The van der Waals surface area contributed by atoms with Gasteiger partial charge in [0.1, 0.15) is 11.5 Å². The minimum absolute atomic E-state index is 0.0105. The Labute approximate surface area is 106 Å². The van der Waals surface area contributed by atoms with Crippen molar-refractivity contribution < 1.29 is 14.5 Å². The lowest BCUT2D eigenvalue weighted by molar-refractivity contribution is -0.385. The van der Waals surface area contributed by atoms with Crippen LogP contribution >= 0.6 is 0 Å². The molecule has 1 atom stereocenters. The van der Waals surface area contributed by atoms with Gasteiger partial charge in [-0.1, -0.05) is 6.92 Å². The number of aryl methyl sites for hydroxylation is 1. The third-order valence-corrected chi connectivity index (χ3v) is 2.87. The van der Waals surface area contributed by atoms with Crippen molar-refractivity contribution in [3.8, 4) is 5.75 Å². The molecule has 98 valence electrons. The van der Waals surface area contributed by atoms with E-state index in [2.05, 4.69) is 0 Å². The molecule has 0 bridgehead atoms. The fourth-order valence-electron chi connectivity index (χ4n) is 2.00. The molecule has 1 aromatic rings. The number of benzene rings is 1. The fraction of sp³-hybridized carbons (Fsp3) is 0.462. The second kappa shape index (κ2) is 5.62. The normalized spacial score (nSPS) is 12.0. The summed E-state index contributed by atoms with van der Waals surface area (Å²) in [5, 5.41) is 11.0. The number of carbonyl (C=O) groups is 1. The van der Waals surface area contributed by atoms with E-state index in [4.69, 9.17) is 4.74 Å². The molecule has 1 rings (SSSR count). The zero-order valence-electron chi connectivity index (χ0n) is 11.0. The van der Waals surface area contributed by atoms with Gasteiger partial charge in [-0.3, -0.25) is 10.1 Å². The number of rotatable bonds is 5. The van der Waals surface area contributed by atoms with E-state index < -0.39 is 4.92 Å². The van der Waals surface area contributed by atoms with Crippen molar-refractivity contribution in [2.45, 2.75) is 33.1 Å². The predicted octanol–water partition coefficient (Wildman–Crippen LogP) is 2.99. The van der Waals surface area contributed by atoms with Gasteiger partial charge in [-0.15, -0.1) is 0 Å². The van der Waals surface area contributed by atoms with E-state index in [0.717, 1.165) is 0 Å². The number of nitrogens with zero attached hydrogens (tertiary/aromatic N) is 1. The van der Waals surface area contributed by atoms with Crippen LogP contribution < -0.4 is 4.74 Å². The Balaban J connectivity index is 3.29. The summed E-state index contributed by atoms with van der Waals surface area (Å²) in [5.41, 5.74) is 1.29. The molecule has 0 aliphatic heterocycles. The molecule has 0 amide bonds. The van der Waals surface area contributed by atoms with Crippen LogP contribution in [-0.2, 0) is 4.79 Å². The molecule has 0 fully saturated rings. The van der Waals surface area contributed by atoms with Crippen molar-refractivity contribution in [3.05, 3.63) is 33.4 Å². The van der Waals surface area contributed by atoms with Crippen LogP contribution in [0.5, 0.6) is 5.75 Å². The maximum atomic E-state index is 11.1.